The molecule has 0 spiro atoms. The molecule has 1 atom stereocenters. The van der Waals surface area contributed by atoms with Crippen LogP contribution in [0.3, 0.4) is 0 Å². The first kappa shape index (κ1) is 18.8. The second-order valence-corrected chi connectivity index (χ2v) is 7.24. The normalized spacial score (nSPS) is 12.2. The molecular formula is C23H19FN6O+2. The van der Waals surface area contributed by atoms with Crippen LogP contribution in [-0.4, -0.2) is 15.0 Å². The van der Waals surface area contributed by atoms with E-state index in [1.807, 2.05) is 31.2 Å². The van der Waals surface area contributed by atoms with E-state index in [1.165, 1.54) is 18.2 Å². The van der Waals surface area contributed by atoms with E-state index in [0.717, 1.165) is 17.0 Å². The number of hydrogen-bond acceptors (Lipinski definition) is 4. The summed E-state index contributed by atoms with van der Waals surface area (Å²) in [4.78, 5) is 30.8. The highest BCUT2D eigenvalue weighted by molar-refractivity contribution is 5.85. The number of pyridine rings is 3. The summed E-state index contributed by atoms with van der Waals surface area (Å²) in [6.07, 6.45) is 4.95. The molecule has 31 heavy (non-hydrogen) atoms. The van der Waals surface area contributed by atoms with Crippen molar-refractivity contribution in [3.05, 3.63) is 89.0 Å². The summed E-state index contributed by atoms with van der Waals surface area (Å²) in [6.45, 7) is 1.96. The molecule has 0 aliphatic carbocycles. The Morgan fingerprint density at radius 3 is 2.87 bits per heavy atom. The van der Waals surface area contributed by atoms with E-state index in [0.29, 0.717) is 27.8 Å². The summed E-state index contributed by atoms with van der Waals surface area (Å²) in [5.74, 6) is 0.247. The highest BCUT2D eigenvalue weighted by Crippen LogP contribution is 2.31. The lowest BCUT2D eigenvalue weighted by atomic mass is 10.0. The van der Waals surface area contributed by atoms with Crippen molar-refractivity contribution in [3.63, 3.8) is 0 Å². The second kappa shape index (κ2) is 7.56. The van der Waals surface area contributed by atoms with Gasteiger partial charge in [0.05, 0.1) is 11.2 Å². The van der Waals surface area contributed by atoms with Crippen LogP contribution < -0.4 is 20.7 Å². The Bertz CT molecular complexity index is 1460. The van der Waals surface area contributed by atoms with E-state index >= 15 is 0 Å². The van der Waals surface area contributed by atoms with Crippen LogP contribution in [0.5, 0.6) is 0 Å². The minimum atomic E-state index is -0.318. The monoisotopic (exact) mass is 414 g/mol. The molecule has 1 aromatic carbocycles. The van der Waals surface area contributed by atoms with Crippen molar-refractivity contribution in [1.82, 2.24) is 15.0 Å². The maximum absolute atomic E-state index is 13.8. The predicted octanol–water partition coefficient (Wildman–Crippen LogP) is 3.08. The average molecular weight is 414 g/mol. The molecule has 0 saturated heterocycles. The van der Waals surface area contributed by atoms with Crippen molar-refractivity contribution < 1.29 is 14.4 Å². The molecule has 0 radical (unpaired) electrons. The van der Waals surface area contributed by atoms with Crippen molar-refractivity contribution in [3.8, 4) is 11.3 Å². The molecule has 4 N–H and O–H groups in total. The second-order valence-electron chi connectivity index (χ2n) is 7.24. The summed E-state index contributed by atoms with van der Waals surface area (Å²) >= 11 is 0. The maximum atomic E-state index is 13.8. The smallest absolute Gasteiger partial charge is 0.322 e. The number of halogens is 1. The number of aromatic amines is 3. The Balaban J connectivity index is 1.66. The van der Waals surface area contributed by atoms with Gasteiger partial charge in [0, 0.05) is 29.4 Å². The lowest BCUT2D eigenvalue weighted by Crippen LogP contribution is -2.26. The van der Waals surface area contributed by atoms with Crippen molar-refractivity contribution in [1.29, 1.82) is 0 Å². The first-order valence-electron chi connectivity index (χ1n) is 9.82. The summed E-state index contributed by atoms with van der Waals surface area (Å²) < 4.78 is 13.8. The fraction of sp³-hybridized carbons (Fsp3) is 0.0870. The van der Waals surface area contributed by atoms with Gasteiger partial charge in [0.2, 0.25) is 16.5 Å². The quantitative estimate of drug-likeness (QED) is 0.472. The highest BCUT2D eigenvalue weighted by atomic mass is 19.1. The van der Waals surface area contributed by atoms with Crippen LogP contribution in [0.2, 0.25) is 0 Å². The summed E-state index contributed by atoms with van der Waals surface area (Å²) in [7, 11) is 0. The zero-order chi connectivity index (χ0) is 21.4. The third kappa shape index (κ3) is 3.48. The lowest BCUT2D eigenvalue weighted by molar-refractivity contribution is -0.506. The van der Waals surface area contributed by atoms with Gasteiger partial charge in [-0.15, -0.1) is 0 Å². The van der Waals surface area contributed by atoms with Gasteiger partial charge in [-0.25, -0.2) is 14.7 Å². The number of aromatic nitrogens is 5. The molecule has 0 amide bonds. The molecule has 7 nitrogen and oxygen atoms in total. The number of nitrogens with one attached hydrogen (secondary N) is 4. The highest BCUT2D eigenvalue weighted by Gasteiger charge is 2.25. The van der Waals surface area contributed by atoms with Gasteiger partial charge in [-0.1, -0.05) is 6.07 Å². The van der Waals surface area contributed by atoms with E-state index in [1.54, 1.807) is 24.8 Å². The van der Waals surface area contributed by atoms with Crippen molar-refractivity contribution >= 4 is 27.8 Å². The Labute approximate surface area is 176 Å². The number of fused-ring (bicyclic) bond motifs is 2. The molecule has 5 rings (SSSR count). The Kier molecular flexibility index (Phi) is 4.59. The van der Waals surface area contributed by atoms with Crippen molar-refractivity contribution in [2.24, 2.45) is 0 Å². The molecule has 8 heteroatoms. The number of rotatable bonds is 4. The third-order valence-corrected chi connectivity index (χ3v) is 5.16. The maximum Gasteiger partial charge on any atom is 0.349 e. The van der Waals surface area contributed by atoms with Crippen LogP contribution in [-0.2, 0) is 0 Å². The van der Waals surface area contributed by atoms with Crippen LogP contribution in [0.15, 0.2) is 72.0 Å². The largest absolute Gasteiger partial charge is 0.349 e. The van der Waals surface area contributed by atoms with Gasteiger partial charge >= 0.3 is 5.82 Å². The zero-order valence-electron chi connectivity index (χ0n) is 16.6. The number of nitrogens with zero attached hydrogens (tertiary/aromatic N) is 2. The van der Waals surface area contributed by atoms with Crippen molar-refractivity contribution in [2.45, 2.75) is 13.0 Å². The van der Waals surface area contributed by atoms with Gasteiger partial charge in [-0.3, -0.25) is 9.78 Å². The van der Waals surface area contributed by atoms with Gasteiger partial charge in [0.15, 0.2) is 6.04 Å². The molecule has 152 valence electrons. The van der Waals surface area contributed by atoms with Crippen LogP contribution >= 0.6 is 0 Å². The SMILES string of the molecule is CC(Nc1[nH+]c[nH+]c2[nH]ccc(=O)c12)c1nc2ccc(F)cc2cc1-c1ccccn1. The minimum absolute atomic E-state index is 0.122. The van der Waals surface area contributed by atoms with Crippen LogP contribution in [0, 0.1) is 5.82 Å². The summed E-state index contributed by atoms with van der Waals surface area (Å²) in [5.41, 5.74) is 3.42. The predicted molar refractivity (Wildman–Crippen MR) is 115 cm³/mol. The molecule has 0 saturated carbocycles. The van der Waals surface area contributed by atoms with E-state index in [4.69, 9.17) is 4.98 Å². The molecule has 4 heterocycles. The van der Waals surface area contributed by atoms with Crippen LogP contribution in [0.4, 0.5) is 10.2 Å². The number of hydrogen-bond donors (Lipinski definition) is 2. The fourth-order valence-electron chi connectivity index (χ4n) is 3.71. The fourth-order valence-corrected chi connectivity index (χ4v) is 3.71. The number of anilines is 1. The number of H-pyrrole nitrogens is 3. The standard InChI is InChI=1S/C23H17FN6O/c1-13(29-23-20-19(31)7-9-26-22(20)27-12-28-23)21-16(18-4-2-3-8-25-18)11-14-10-15(24)5-6-17(14)30-21/h2-13H,1H3,(H2,26,27,28,29,31)/p+2. The van der Waals surface area contributed by atoms with Gasteiger partial charge in [0.1, 0.15) is 11.5 Å². The Morgan fingerprint density at radius 1 is 1.13 bits per heavy atom. The molecular weight excluding hydrogens is 395 g/mol. The van der Waals surface area contributed by atoms with Gasteiger partial charge in [0.25, 0.3) is 6.33 Å². The van der Waals surface area contributed by atoms with Crippen molar-refractivity contribution in [2.75, 3.05) is 5.32 Å². The van der Waals surface area contributed by atoms with Crippen LogP contribution in [0.1, 0.15) is 18.7 Å². The molecule has 0 aliphatic rings. The van der Waals surface area contributed by atoms with E-state index in [-0.39, 0.29) is 17.3 Å². The molecule has 0 bridgehead atoms. The zero-order valence-corrected chi connectivity index (χ0v) is 16.6. The molecule has 1 unspecified atom stereocenters. The third-order valence-electron chi connectivity index (χ3n) is 5.16. The van der Waals surface area contributed by atoms with Gasteiger partial charge in [-0.2, -0.15) is 9.97 Å². The average Bonchev–Trinajstić information content (AvgIpc) is 2.79. The topological polar surface area (TPSA) is 99.0 Å². The lowest BCUT2D eigenvalue weighted by Gasteiger charge is -2.14. The molecule has 0 fully saturated rings. The van der Waals surface area contributed by atoms with Crippen LogP contribution in [0.25, 0.3) is 33.2 Å². The molecule has 0 aliphatic heterocycles. The first-order chi connectivity index (χ1) is 15.1. The summed E-state index contributed by atoms with van der Waals surface area (Å²) in [6, 6.07) is 13.2. The van der Waals surface area contributed by atoms with E-state index < -0.39 is 0 Å². The molecule has 5 aromatic rings. The molecule has 4 aromatic heterocycles. The van der Waals surface area contributed by atoms with Gasteiger partial charge < -0.3 is 4.98 Å². The van der Waals surface area contributed by atoms with Gasteiger partial charge in [-0.05, 0) is 43.3 Å². The minimum Gasteiger partial charge on any atom is -0.322 e. The first-order valence-corrected chi connectivity index (χ1v) is 9.82. The van der Waals surface area contributed by atoms with E-state index in [9.17, 15) is 9.18 Å². The Morgan fingerprint density at radius 2 is 2.03 bits per heavy atom. The van der Waals surface area contributed by atoms with E-state index in [2.05, 4.69) is 25.3 Å². The number of benzene rings is 1. The Hall–Kier alpha value is -4.20. The summed E-state index contributed by atoms with van der Waals surface area (Å²) in [5, 5.41) is 4.55.